The minimum absolute atomic E-state index is 0.149. The third kappa shape index (κ3) is 1.26. The van der Waals surface area contributed by atoms with E-state index in [1.54, 1.807) is 10.8 Å². The molecule has 1 aliphatic heterocycles. The second kappa shape index (κ2) is 3.26. The Morgan fingerprint density at radius 3 is 3.19 bits per heavy atom. The van der Waals surface area contributed by atoms with Crippen molar-refractivity contribution >= 4 is 0 Å². The van der Waals surface area contributed by atoms with Gasteiger partial charge in [0.15, 0.2) is 0 Å². The van der Waals surface area contributed by atoms with Crippen LogP contribution in [0.5, 0.6) is 0 Å². The van der Waals surface area contributed by atoms with Crippen molar-refractivity contribution in [3.05, 3.63) is 46.1 Å². The molecule has 6 heteroatoms. The highest BCUT2D eigenvalue weighted by Gasteiger charge is 2.27. The second-order valence-electron chi connectivity index (χ2n) is 3.81. The normalized spacial score (nSPS) is 18.7. The summed E-state index contributed by atoms with van der Waals surface area (Å²) in [5.41, 5.74) is 0.462. The molecule has 0 bridgehead atoms. The van der Waals surface area contributed by atoms with Crippen LogP contribution in [-0.2, 0) is 6.42 Å². The van der Waals surface area contributed by atoms with E-state index in [0.29, 0.717) is 5.56 Å². The minimum atomic E-state index is -0.387. The van der Waals surface area contributed by atoms with Crippen LogP contribution in [0.1, 0.15) is 23.9 Å². The van der Waals surface area contributed by atoms with Crippen LogP contribution in [0.3, 0.4) is 0 Å². The number of rotatable bonds is 1. The summed E-state index contributed by atoms with van der Waals surface area (Å²) in [5, 5.41) is 6.30. The fourth-order valence-corrected chi connectivity index (χ4v) is 2.16. The molecule has 3 heterocycles. The van der Waals surface area contributed by atoms with Crippen molar-refractivity contribution < 1.29 is 4.39 Å². The van der Waals surface area contributed by atoms with Crippen molar-refractivity contribution in [2.75, 3.05) is 0 Å². The zero-order valence-corrected chi connectivity index (χ0v) is 8.35. The first-order chi connectivity index (χ1) is 7.75. The SMILES string of the molecule is O=c1[nH]nc2n1C(c1cncc(F)c1)CC2. The van der Waals surface area contributed by atoms with Crippen LogP contribution in [0, 0.1) is 5.82 Å². The van der Waals surface area contributed by atoms with Gasteiger partial charge >= 0.3 is 5.69 Å². The number of halogens is 1. The lowest BCUT2D eigenvalue weighted by Gasteiger charge is -2.10. The van der Waals surface area contributed by atoms with E-state index in [4.69, 9.17) is 0 Å². The van der Waals surface area contributed by atoms with E-state index in [9.17, 15) is 9.18 Å². The number of aromatic amines is 1. The van der Waals surface area contributed by atoms with E-state index in [-0.39, 0.29) is 17.5 Å². The first-order valence-corrected chi connectivity index (χ1v) is 5.02. The molecule has 1 atom stereocenters. The van der Waals surface area contributed by atoms with Gasteiger partial charge in [0.2, 0.25) is 0 Å². The van der Waals surface area contributed by atoms with Gasteiger partial charge in [-0.3, -0.25) is 9.55 Å². The maximum absolute atomic E-state index is 13.0. The molecule has 2 aromatic heterocycles. The molecule has 0 saturated heterocycles. The van der Waals surface area contributed by atoms with Gasteiger partial charge in [0.25, 0.3) is 0 Å². The maximum Gasteiger partial charge on any atom is 0.343 e. The molecule has 0 saturated carbocycles. The molecule has 0 radical (unpaired) electrons. The number of hydrogen-bond donors (Lipinski definition) is 1. The van der Waals surface area contributed by atoms with Gasteiger partial charge in [-0.2, -0.15) is 5.10 Å². The summed E-state index contributed by atoms with van der Waals surface area (Å²) in [6.07, 6.45) is 4.22. The fraction of sp³-hybridized carbons (Fsp3) is 0.300. The number of hydrogen-bond acceptors (Lipinski definition) is 3. The molecule has 0 aliphatic carbocycles. The Morgan fingerprint density at radius 2 is 2.38 bits per heavy atom. The molecule has 1 N–H and O–H groups in total. The average molecular weight is 220 g/mol. The molecular formula is C10H9FN4O. The summed E-state index contributed by atoms with van der Waals surface area (Å²) in [6.45, 7) is 0. The zero-order valence-electron chi connectivity index (χ0n) is 8.35. The number of aryl methyl sites for hydroxylation is 1. The smallest absolute Gasteiger partial charge is 0.271 e. The Bertz CT molecular complexity index is 589. The number of fused-ring (bicyclic) bond motifs is 1. The maximum atomic E-state index is 13.0. The molecule has 1 aliphatic rings. The molecular weight excluding hydrogens is 211 g/mol. The molecule has 3 rings (SSSR count). The van der Waals surface area contributed by atoms with Gasteiger partial charge in [0, 0.05) is 12.6 Å². The van der Waals surface area contributed by atoms with Crippen LogP contribution in [-0.4, -0.2) is 19.7 Å². The van der Waals surface area contributed by atoms with Gasteiger partial charge in [-0.15, -0.1) is 0 Å². The molecule has 0 aromatic carbocycles. The zero-order chi connectivity index (χ0) is 11.1. The van der Waals surface area contributed by atoms with Gasteiger partial charge in [-0.1, -0.05) is 0 Å². The molecule has 1 unspecified atom stereocenters. The van der Waals surface area contributed by atoms with E-state index in [1.165, 1.54) is 6.07 Å². The number of nitrogens with zero attached hydrogens (tertiary/aromatic N) is 3. The summed E-state index contributed by atoms with van der Waals surface area (Å²) in [5.74, 6) is 0.335. The molecule has 0 fully saturated rings. The van der Waals surface area contributed by atoms with Gasteiger partial charge in [0.05, 0.1) is 12.2 Å². The Morgan fingerprint density at radius 1 is 1.50 bits per heavy atom. The van der Waals surface area contributed by atoms with E-state index in [0.717, 1.165) is 24.9 Å². The summed E-state index contributed by atoms with van der Waals surface area (Å²) in [7, 11) is 0. The average Bonchev–Trinajstić information content (AvgIpc) is 2.82. The predicted octanol–water partition coefficient (Wildman–Crippen LogP) is 0.641. The molecule has 2 aromatic rings. The number of pyridine rings is 1. The Hall–Kier alpha value is -1.98. The lowest BCUT2D eigenvalue weighted by atomic mass is 10.1. The summed E-state index contributed by atoms with van der Waals surface area (Å²) >= 11 is 0. The second-order valence-corrected chi connectivity index (χ2v) is 3.81. The van der Waals surface area contributed by atoms with Crippen molar-refractivity contribution in [3.8, 4) is 0 Å². The largest absolute Gasteiger partial charge is 0.343 e. The number of H-pyrrole nitrogens is 1. The van der Waals surface area contributed by atoms with Crippen molar-refractivity contribution in [3.63, 3.8) is 0 Å². The third-order valence-corrected chi connectivity index (χ3v) is 2.84. The Balaban J connectivity index is 2.10. The highest BCUT2D eigenvalue weighted by Crippen LogP contribution is 2.28. The lowest BCUT2D eigenvalue weighted by Crippen LogP contribution is -2.20. The van der Waals surface area contributed by atoms with Crippen molar-refractivity contribution in [2.24, 2.45) is 0 Å². The first kappa shape index (κ1) is 9.26. The number of aromatic nitrogens is 4. The Kier molecular flexibility index (Phi) is 1.89. The van der Waals surface area contributed by atoms with Crippen LogP contribution < -0.4 is 5.69 Å². The third-order valence-electron chi connectivity index (χ3n) is 2.84. The lowest BCUT2D eigenvalue weighted by molar-refractivity contribution is 0.576. The summed E-state index contributed by atoms with van der Waals surface area (Å²) in [6, 6.07) is 1.26. The fourth-order valence-electron chi connectivity index (χ4n) is 2.16. The van der Waals surface area contributed by atoms with E-state index >= 15 is 0 Å². The van der Waals surface area contributed by atoms with Crippen molar-refractivity contribution in [2.45, 2.75) is 18.9 Å². The van der Waals surface area contributed by atoms with Gasteiger partial charge < -0.3 is 0 Å². The standard InChI is InChI=1S/C10H9FN4O/c11-7-3-6(4-12-5-7)8-1-2-9-13-14-10(16)15(8)9/h3-5,8H,1-2H2,(H,14,16). The molecule has 16 heavy (non-hydrogen) atoms. The molecule has 5 nitrogen and oxygen atoms in total. The topological polar surface area (TPSA) is 63.6 Å². The van der Waals surface area contributed by atoms with Crippen molar-refractivity contribution in [1.82, 2.24) is 19.7 Å². The van der Waals surface area contributed by atoms with Gasteiger partial charge in [-0.25, -0.2) is 14.3 Å². The van der Waals surface area contributed by atoms with Crippen molar-refractivity contribution in [1.29, 1.82) is 0 Å². The Labute approximate surface area is 90.0 Å². The summed E-state index contributed by atoms with van der Waals surface area (Å²) in [4.78, 5) is 15.3. The van der Waals surface area contributed by atoms with Crippen LogP contribution in [0.15, 0.2) is 23.3 Å². The van der Waals surface area contributed by atoms with Crippen LogP contribution in [0.4, 0.5) is 4.39 Å². The molecule has 82 valence electrons. The molecule has 0 spiro atoms. The first-order valence-electron chi connectivity index (χ1n) is 5.02. The predicted molar refractivity (Wildman–Crippen MR) is 53.5 cm³/mol. The van der Waals surface area contributed by atoms with E-state index < -0.39 is 0 Å². The van der Waals surface area contributed by atoms with E-state index in [1.807, 2.05) is 0 Å². The molecule has 0 amide bonds. The number of nitrogens with one attached hydrogen (secondary N) is 1. The highest BCUT2D eigenvalue weighted by molar-refractivity contribution is 5.19. The monoisotopic (exact) mass is 220 g/mol. The summed E-state index contributed by atoms with van der Waals surface area (Å²) < 4.78 is 14.6. The quantitative estimate of drug-likeness (QED) is 0.767. The van der Waals surface area contributed by atoms with Gasteiger partial charge in [-0.05, 0) is 18.1 Å². The minimum Gasteiger partial charge on any atom is -0.271 e. The van der Waals surface area contributed by atoms with Crippen LogP contribution in [0.25, 0.3) is 0 Å². The van der Waals surface area contributed by atoms with Crippen LogP contribution in [0.2, 0.25) is 0 Å². The highest BCUT2D eigenvalue weighted by atomic mass is 19.1. The van der Waals surface area contributed by atoms with Gasteiger partial charge in [0.1, 0.15) is 11.6 Å². The van der Waals surface area contributed by atoms with E-state index in [2.05, 4.69) is 15.2 Å². The van der Waals surface area contributed by atoms with Crippen LogP contribution >= 0.6 is 0 Å².